The smallest absolute Gasteiger partial charge is 0.417 e. The van der Waals surface area contributed by atoms with Gasteiger partial charge < -0.3 is 14.8 Å². The summed E-state index contributed by atoms with van der Waals surface area (Å²) in [4.78, 5) is 32.6. The quantitative estimate of drug-likeness (QED) is 0.294. The minimum Gasteiger partial charge on any atom is -0.461 e. The van der Waals surface area contributed by atoms with E-state index in [2.05, 4.69) is 15.3 Å². The lowest BCUT2D eigenvalue weighted by atomic mass is 10.0. The number of carbonyl (C=O) groups is 2. The first kappa shape index (κ1) is 24.9. The van der Waals surface area contributed by atoms with Gasteiger partial charge in [-0.25, -0.2) is 14.8 Å². The van der Waals surface area contributed by atoms with Crippen LogP contribution in [0, 0.1) is 0 Å². The number of hydrogen-bond acceptors (Lipinski definition) is 6. The Balaban J connectivity index is 1.57. The van der Waals surface area contributed by atoms with Crippen molar-refractivity contribution < 1.29 is 32.2 Å². The monoisotopic (exact) mass is 515 g/mol. The van der Waals surface area contributed by atoms with Crippen molar-refractivity contribution in [2.45, 2.75) is 13.1 Å². The summed E-state index contributed by atoms with van der Waals surface area (Å²) < 4.78 is 50.1. The molecule has 0 atom stereocenters. The zero-order chi connectivity index (χ0) is 25.9. The molecule has 3 aromatic carbocycles. The molecule has 4 aromatic rings. The maximum Gasteiger partial charge on any atom is 0.417 e. The SMILES string of the molecule is CCOC(=O)c1cc(Oc2ccc3c(C(=O)Nc4ccc(Cl)c(C(F)(F)F)c4)cccc3c2)ncn1. The molecule has 0 aliphatic carbocycles. The summed E-state index contributed by atoms with van der Waals surface area (Å²) in [5.41, 5.74) is -0.806. The molecule has 0 saturated heterocycles. The van der Waals surface area contributed by atoms with Gasteiger partial charge in [-0.15, -0.1) is 0 Å². The van der Waals surface area contributed by atoms with Gasteiger partial charge in [0.2, 0.25) is 5.88 Å². The average molecular weight is 516 g/mol. The maximum atomic E-state index is 13.1. The Morgan fingerprint density at radius 1 is 1.03 bits per heavy atom. The molecule has 7 nitrogen and oxygen atoms in total. The lowest BCUT2D eigenvalue weighted by Crippen LogP contribution is -2.14. The van der Waals surface area contributed by atoms with Crippen LogP contribution in [0.2, 0.25) is 5.02 Å². The highest BCUT2D eigenvalue weighted by Crippen LogP contribution is 2.36. The van der Waals surface area contributed by atoms with E-state index in [-0.39, 0.29) is 29.4 Å². The highest BCUT2D eigenvalue weighted by atomic mass is 35.5. The van der Waals surface area contributed by atoms with E-state index in [0.29, 0.717) is 16.5 Å². The summed E-state index contributed by atoms with van der Waals surface area (Å²) in [5.74, 6) is -0.716. The number of nitrogens with one attached hydrogen (secondary N) is 1. The van der Waals surface area contributed by atoms with E-state index >= 15 is 0 Å². The number of amides is 1. The average Bonchev–Trinajstić information content (AvgIpc) is 2.84. The molecule has 1 N–H and O–H groups in total. The molecule has 0 unspecified atom stereocenters. The van der Waals surface area contributed by atoms with Crippen LogP contribution in [0.15, 0.2) is 67.0 Å². The van der Waals surface area contributed by atoms with Gasteiger partial charge in [0.15, 0.2) is 5.69 Å². The fourth-order valence-electron chi connectivity index (χ4n) is 3.37. The van der Waals surface area contributed by atoms with E-state index < -0.39 is 28.6 Å². The Kier molecular flexibility index (Phi) is 7.07. The lowest BCUT2D eigenvalue weighted by molar-refractivity contribution is -0.137. The minimum absolute atomic E-state index is 0.0393. The molecular formula is C25H17ClF3N3O4. The van der Waals surface area contributed by atoms with Crippen LogP contribution in [0.3, 0.4) is 0 Å². The predicted octanol–water partition coefficient (Wildman–Crippen LogP) is 6.52. The van der Waals surface area contributed by atoms with Crippen LogP contribution in [0.5, 0.6) is 11.6 Å². The minimum atomic E-state index is -4.66. The third-order valence-corrected chi connectivity index (χ3v) is 5.30. The number of esters is 1. The largest absolute Gasteiger partial charge is 0.461 e. The molecule has 0 bridgehead atoms. The van der Waals surface area contributed by atoms with Gasteiger partial charge >= 0.3 is 12.1 Å². The Bertz CT molecular complexity index is 1460. The highest BCUT2D eigenvalue weighted by molar-refractivity contribution is 6.31. The molecule has 0 aliphatic heterocycles. The second-order valence-corrected chi connectivity index (χ2v) is 7.81. The van der Waals surface area contributed by atoms with Crippen molar-refractivity contribution in [1.29, 1.82) is 0 Å². The summed E-state index contributed by atoms with van der Waals surface area (Å²) >= 11 is 5.65. The predicted molar refractivity (Wildman–Crippen MR) is 126 cm³/mol. The third-order valence-electron chi connectivity index (χ3n) is 4.98. The van der Waals surface area contributed by atoms with E-state index in [1.165, 1.54) is 18.5 Å². The van der Waals surface area contributed by atoms with Gasteiger partial charge in [-0.2, -0.15) is 13.2 Å². The molecular weight excluding hydrogens is 499 g/mol. The number of carbonyl (C=O) groups excluding carboxylic acids is 2. The Morgan fingerprint density at radius 3 is 2.58 bits per heavy atom. The van der Waals surface area contributed by atoms with Gasteiger partial charge in [0.25, 0.3) is 5.91 Å². The van der Waals surface area contributed by atoms with Gasteiger partial charge in [-0.3, -0.25) is 4.79 Å². The summed E-state index contributed by atoms with van der Waals surface area (Å²) in [5, 5.41) is 3.20. The molecule has 1 aromatic heterocycles. The molecule has 11 heteroatoms. The highest BCUT2D eigenvalue weighted by Gasteiger charge is 2.33. The fraction of sp³-hybridized carbons (Fsp3) is 0.120. The standard InChI is InChI=1S/C25H17ClF3N3O4/c1-2-35-24(34)21-12-22(31-13-30-21)36-16-7-8-17-14(10-16)4-3-5-18(17)23(33)32-15-6-9-20(26)19(11-15)25(27,28)29/h3-13H,2H2,1H3,(H,32,33). The van der Waals surface area contributed by atoms with Crippen LogP contribution >= 0.6 is 11.6 Å². The van der Waals surface area contributed by atoms with Crippen LogP contribution < -0.4 is 10.1 Å². The third kappa shape index (κ3) is 5.55. The fourth-order valence-corrected chi connectivity index (χ4v) is 3.60. The lowest BCUT2D eigenvalue weighted by Gasteiger charge is -2.13. The molecule has 4 rings (SSSR count). The molecule has 184 valence electrons. The number of fused-ring (bicyclic) bond motifs is 1. The van der Waals surface area contributed by atoms with Crippen molar-refractivity contribution in [2.24, 2.45) is 0 Å². The van der Waals surface area contributed by atoms with E-state index in [0.717, 1.165) is 12.1 Å². The molecule has 0 radical (unpaired) electrons. The molecule has 0 saturated carbocycles. The van der Waals surface area contributed by atoms with E-state index in [1.807, 2.05) is 0 Å². The van der Waals surface area contributed by atoms with Crippen molar-refractivity contribution in [1.82, 2.24) is 9.97 Å². The van der Waals surface area contributed by atoms with Crippen molar-refractivity contribution >= 4 is 39.9 Å². The number of rotatable bonds is 6. The number of benzene rings is 3. The maximum absolute atomic E-state index is 13.1. The van der Waals surface area contributed by atoms with Crippen LogP contribution in [0.1, 0.15) is 33.3 Å². The first-order chi connectivity index (χ1) is 17.2. The zero-order valence-electron chi connectivity index (χ0n) is 18.6. The normalized spacial score (nSPS) is 11.2. The van der Waals surface area contributed by atoms with Crippen molar-refractivity contribution in [3.8, 4) is 11.6 Å². The van der Waals surface area contributed by atoms with Crippen LogP contribution in [0.25, 0.3) is 10.8 Å². The molecule has 1 heterocycles. The summed E-state index contributed by atoms with van der Waals surface area (Å²) in [6.07, 6.45) is -3.49. The number of alkyl halides is 3. The van der Waals surface area contributed by atoms with Crippen LogP contribution in [-0.4, -0.2) is 28.5 Å². The number of nitrogens with zero attached hydrogens (tertiary/aromatic N) is 2. The number of aromatic nitrogens is 2. The van der Waals surface area contributed by atoms with Gasteiger partial charge in [0.1, 0.15) is 12.1 Å². The summed E-state index contributed by atoms with van der Waals surface area (Å²) in [6, 6.07) is 14.3. The van der Waals surface area contributed by atoms with Gasteiger partial charge in [-0.1, -0.05) is 23.7 Å². The second kappa shape index (κ2) is 10.2. The first-order valence-electron chi connectivity index (χ1n) is 10.5. The van der Waals surface area contributed by atoms with E-state index in [9.17, 15) is 22.8 Å². The van der Waals surface area contributed by atoms with Gasteiger partial charge in [-0.05, 0) is 60.2 Å². The van der Waals surface area contributed by atoms with Crippen molar-refractivity contribution in [2.75, 3.05) is 11.9 Å². The number of anilines is 1. The number of halogens is 4. The second-order valence-electron chi connectivity index (χ2n) is 7.40. The number of ether oxygens (including phenoxy) is 2. The molecule has 0 spiro atoms. The van der Waals surface area contributed by atoms with Crippen LogP contribution in [-0.2, 0) is 10.9 Å². The molecule has 36 heavy (non-hydrogen) atoms. The van der Waals surface area contributed by atoms with Crippen molar-refractivity contribution in [3.63, 3.8) is 0 Å². The zero-order valence-corrected chi connectivity index (χ0v) is 19.4. The summed E-state index contributed by atoms with van der Waals surface area (Å²) in [7, 11) is 0. The molecule has 0 aliphatic rings. The Labute approximate surface area is 207 Å². The van der Waals surface area contributed by atoms with E-state index in [1.54, 1.807) is 43.3 Å². The van der Waals surface area contributed by atoms with E-state index in [4.69, 9.17) is 21.1 Å². The molecule has 1 amide bonds. The Hall–Kier alpha value is -4.18. The first-order valence-corrected chi connectivity index (χ1v) is 10.9. The Morgan fingerprint density at radius 2 is 1.83 bits per heavy atom. The molecule has 0 fully saturated rings. The van der Waals surface area contributed by atoms with Crippen molar-refractivity contribution in [3.05, 3.63) is 88.8 Å². The van der Waals surface area contributed by atoms with Gasteiger partial charge in [0, 0.05) is 17.3 Å². The van der Waals surface area contributed by atoms with Crippen LogP contribution in [0.4, 0.5) is 18.9 Å². The summed E-state index contributed by atoms with van der Waals surface area (Å²) in [6.45, 7) is 1.87. The van der Waals surface area contributed by atoms with Gasteiger partial charge in [0.05, 0.1) is 17.2 Å². The number of hydrogen-bond donors (Lipinski definition) is 1. The topological polar surface area (TPSA) is 90.4 Å².